The first-order chi connectivity index (χ1) is 8.95. The molecule has 0 aromatic carbocycles. The fraction of sp³-hybridized carbons (Fsp3) is 0.812. The van der Waals surface area contributed by atoms with Gasteiger partial charge >= 0.3 is 0 Å². The molecular formula is C16H33N2O+. The molecule has 3 nitrogen and oxygen atoms in total. The fourth-order valence-corrected chi connectivity index (χ4v) is 1.90. The van der Waals surface area contributed by atoms with Gasteiger partial charge in [-0.25, -0.2) is 0 Å². The lowest BCUT2D eigenvalue weighted by Crippen LogP contribution is -2.41. The predicted octanol–water partition coefficient (Wildman–Crippen LogP) is 3.12. The number of quaternary nitrogens is 1. The average Bonchev–Trinajstić information content (AvgIpc) is 2.31. The number of nitrogens with zero attached hydrogens (tertiary/aromatic N) is 1. The molecule has 1 N–H and O–H groups in total. The van der Waals surface area contributed by atoms with Crippen LogP contribution in [0.5, 0.6) is 0 Å². The molecule has 0 saturated carbocycles. The Morgan fingerprint density at radius 2 is 1.63 bits per heavy atom. The number of likely N-dealkylation sites (N-methyl/N-ethyl adjacent to an activating group) is 1. The molecule has 0 unspecified atom stereocenters. The van der Waals surface area contributed by atoms with Crippen LogP contribution in [-0.2, 0) is 4.79 Å². The molecule has 0 saturated heterocycles. The van der Waals surface area contributed by atoms with Gasteiger partial charge in [-0.3, -0.25) is 4.79 Å². The van der Waals surface area contributed by atoms with E-state index < -0.39 is 0 Å². The zero-order valence-corrected chi connectivity index (χ0v) is 13.2. The Hall–Kier alpha value is -0.830. The summed E-state index contributed by atoms with van der Waals surface area (Å²) >= 11 is 0. The molecule has 0 radical (unpaired) electrons. The van der Waals surface area contributed by atoms with Crippen LogP contribution in [0.4, 0.5) is 0 Å². The fourth-order valence-electron chi connectivity index (χ4n) is 1.90. The summed E-state index contributed by atoms with van der Waals surface area (Å²) in [6, 6.07) is 0. The van der Waals surface area contributed by atoms with Crippen molar-refractivity contribution in [3.63, 3.8) is 0 Å². The lowest BCUT2D eigenvalue weighted by Gasteiger charge is -2.23. The van der Waals surface area contributed by atoms with Gasteiger partial charge in [-0.2, -0.15) is 0 Å². The predicted molar refractivity (Wildman–Crippen MR) is 83.0 cm³/mol. The van der Waals surface area contributed by atoms with Gasteiger partial charge in [0, 0.05) is 6.42 Å². The van der Waals surface area contributed by atoms with Crippen molar-refractivity contribution in [3.05, 3.63) is 12.7 Å². The van der Waals surface area contributed by atoms with E-state index in [0.717, 1.165) is 30.4 Å². The lowest BCUT2D eigenvalue weighted by atomic mass is 10.1. The average molecular weight is 269 g/mol. The maximum Gasteiger partial charge on any atom is 0.220 e. The number of allylic oxidation sites excluding steroid dienone is 1. The Labute approximate surface area is 119 Å². The lowest BCUT2D eigenvalue weighted by molar-refractivity contribution is -0.869. The molecule has 0 bridgehead atoms. The van der Waals surface area contributed by atoms with Crippen molar-refractivity contribution in [2.75, 3.05) is 34.2 Å². The number of nitrogens with one attached hydrogen (secondary N) is 1. The Morgan fingerprint density at radius 1 is 1.05 bits per heavy atom. The summed E-state index contributed by atoms with van der Waals surface area (Å²) in [5.41, 5.74) is 0. The maximum atomic E-state index is 11.6. The highest BCUT2D eigenvalue weighted by Gasteiger charge is 2.07. The van der Waals surface area contributed by atoms with Crippen LogP contribution >= 0.6 is 0 Å². The van der Waals surface area contributed by atoms with Crippen molar-refractivity contribution < 1.29 is 9.28 Å². The number of unbranched alkanes of at least 4 members (excludes halogenated alkanes) is 6. The normalized spacial score (nSPS) is 11.3. The molecule has 0 atom stereocenters. The zero-order chi connectivity index (χ0) is 14.6. The highest BCUT2D eigenvalue weighted by molar-refractivity contribution is 5.75. The number of hydrogen-bond acceptors (Lipinski definition) is 1. The topological polar surface area (TPSA) is 29.1 Å². The first-order valence-electron chi connectivity index (χ1n) is 7.64. The highest BCUT2D eigenvalue weighted by atomic mass is 16.1. The molecule has 0 heterocycles. The Balaban J connectivity index is 3.27. The summed E-state index contributed by atoms with van der Waals surface area (Å²) in [6.45, 7) is 5.48. The van der Waals surface area contributed by atoms with Crippen molar-refractivity contribution in [2.24, 2.45) is 0 Å². The van der Waals surface area contributed by atoms with E-state index in [9.17, 15) is 4.79 Å². The third-order valence-electron chi connectivity index (χ3n) is 3.17. The van der Waals surface area contributed by atoms with Gasteiger partial charge in [-0.1, -0.05) is 31.8 Å². The van der Waals surface area contributed by atoms with Crippen LogP contribution in [0.25, 0.3) is 0 Å². The van der Waals surface area contributed by atoms with E-state index in [-0.39, 0.29) is 5.91 Å². The standard InChI is InChI=1S/C16H32N2O/c1-5-6-7-8-9-10-11-12-13-16(19)17-14-15-18(2,3)4/h5H,1,6-15H2,2-4H3/p+1. The van der Waals surface area contributed by atoms with Gasteiger partial charge < -0.3 is 9.80 Å². The zero-order valence-electron chi connectivity index (χ0n) is 13.2. The van der Waals surface area contributed by atoms with E-state index >= 15 is 0 Å². The minimum atomic E-state index is 0.208. The summed E-state index contributed by atoms with van der Waals surface area (Å²) < 4.78 is 0.894. The summed E-state index contributed by atoms with van der Waals surface area (Å²) in [5, 5.41) is 2.99. The Morgan fingerprint density at radius 3 is 2.21 bits per heavy atom. The summed E-state index contributed by atoms with van der Waals surface area (Å²) in [4.78, 5) is 11.6. The highest BCUT2D eigenvalue weighted by Crippen LogP contribution is 2.08. The van der Waals surface area contributed by atoms with Gasteiger partial charge in [-0.05, 0) is 19.3 Å². The molecule has 112 valence electrons. The Kier molecular flexibility index (Phi) is 10.6. The maximum absolute atomic E-state index is 11.6. The second kappa shape index (κ2) is 11.0. The van der Waals surface area contributed by atoms with E-state index in [2.05, 4.69) is 33.0 Å². The van der Waals surface area contributed by atoms with E-state index in [1.54, 1.807) is 0 Å². The summed E-state index contributed by atoms with van der Waals surface area (Å²) in [5.74, 6) is 0.208. The quantitative estimate of drug-likeness (QED) is 0.329. The summed E-state index contributed by atoms with van der Waals surface area (Å²) in [7, 11) is 6.41. The van der Waals surface area contributed by atoms with E-state index in [1.165, 1.54) is 32.1 Å². The van der Waals surface area contributed by atoms with Gasteiger partial charge in [0.2, 0.25) is 5.91 Å². The SMILES string of the molecule is C=CCCCCCCCCC(=O)NCC[N+](C)(C)C. The molecule has 1 amide bonds. The van der Waals surface area contributed by atoms with Crippen LogP contribution in [0.15, 0.2) is 12.7 Å². The van der Waals surface area contributed by atoms with Gasteiger partial charge in [0.15, 0.2) is 0 Å². The third kappa shape index (κ3) is 15.1. The molecule has 3 heteroatoms. The van der Waals surface area contributed by atoms with Gasteiger partial charge in [-0.15, -0.1) is 6.58 Å². The number of carbonyl (C=O) groups is 1. The number of carbonyl (C=O) groups excluding carboxylic acids is 1. The van der Waals surface area contributed by atoms with Crippen LogP contribution in [-0.4, -0.2) is 44.6 Å². The summed E-state index contributed by atoms with van der Waals surface area (Å²) in [6.07, 6.45) is 11.1. The molecule has 0 aliphatic heterocycles. The second-order valence-corrected chi connectivity index (χ2v) is 6.31. The monoisotopic (exact) mass is 269 g/mol. The van der Waals surface area contributed by atoms with Gasteiger partial charge in [0.1, 0.15) is 0 Å². The minimum absolute atomic E-state index is 0.208. The smallest absolute Gasteiger partial charge is 0.220 e. The number of amides is 1. The van der Waals surface area contributed by atoms with Crippen LogP contribution < -0.4 is 5.32 Å². The van der Waals surface area contributed by atoms with Crippen LogP contribution in [0.1, 0.15) is 51.4 Å². The van der Waals surface area contributed by atoms with Crippen LogP contribution in [0, 0.1) is 0 Å². The van der Waals surface area contributed by atoms with E-state index in [1.807, 2.05) is 6.08 Å². The number of rotatable bonds is 12. The molecule has 0 aliphatic carbocycles. The van der Waals surface area contributed by atoms with Gasteiger partial charge in [0.05, 0.1) is 34.2 Å². The molecule has 19 heavy (non-hydrogen) atoms. The van der Waals surface area contributed by atoms with Crippen LogP contribution in [0.2, 0.25) is 0 Å². The molecule has 0 rings (SSSR count). The number of hydrogen-bond donors (Lipinski definition) is 1. The van der Waals surface area contributed by atoms with Crippen molar-refractivity contribution in [1.29, 1.82) is 0 Å². The van der Waals surface area contributed by atoms with Crippen LogP contribution in [0.3, 0.4) is 0 Å². The van der Waals surface area contributed by atoms with Crippen molar-refractivity contribution in [2.45, 2.75) is 51.4 Å². The third-order valence-corrected chi connectivity index (χ3v) is 3.17. The van der Waals surface area contributed by atoms with Crippen molar-refractivity contribution in [3.8, 4) is 0 Å². The molecule has 0 fully saturated rings. The van der Waals surface area contributed by atoms with E-state index in [4.69, 9.17) is 0 Å². The molecule has 0 aromatic heterocycles. The van der Waals surface area contributed by atoms with E-state index in [0.29, 0.717) is 6.42 Å². The molecule has 0 spiro atoms. The first kappa shape index (κ1) is 18.2. The molecule has 0 aliphatic rings. The molecular weight excluding hydrogens is 236 g/mol. The minimum Gasteiger partial charge on any atom is -0.350 e. The van der Waals surface area contributed by atoms with Crippen molar-refractivity contribution in [1.82, 2.24) is 5.32 Å². The first-order valence-corrected chi connectivity index (χ1v) is 7.64. The largest absolute Gasteiger partial charge is 0.350 e. The Bertz CT molecular complexity index is 244. The van der Waals surface area contributed by atoms with Gasteiger partial charge in [0.25, 0.3) is 0 Å². The van der Waals surface area contributed by atoms with Crippen molar-refractivity contribution >= 4 is 5.91 Å². The molecule has 0 aromatic rings. The second-order valence-electron chi connectivity index (χ2n) is 6.31.